The van der Waals surface area contributed by atoms with Crippen LogP contribution in [0.4, 0.5) is 0 Å². The van der Waals surface area contributed by atoms with Crippen LogP contribution >= 0.6 is 35.3 Å². The number of thiophene rings is 1. The highest BCUT2D eigenvalue weighted by Crippen LogP contribution is 2.29. The minimum absolute atomic E-state index is 0. The number of hydrogen-bond donors (Lipinski definition) is 2. The molecular formula is C14H24IN3S. The Morgan fingerprint density at radius 3 is 2.68 bits per heavy atom. The molecule has 19 heavy (non-hydrogen) atoms. The molecule has 0 aromatic carbocycles. The van der Waals surface area contributed by atoms with E-state index >= 15 is 0 Å². The maximum atomic E-state index is 4.28. The third-order valence-electron chi connectivity index (χ3n) is 3.54. The second-order valence-electron chi connectivity index (χ2n) is 5.75. The lowest BCUT2D eigenvalue weighted by Gasteiger charge is -2.25. The van der Waals surface area contributed by atoms with Gasteiger partial charge in [0.1, 0.15) is 0 Å². The summed E-state index contributed by atoms with van der Waals surface area (Å²) in [7, 11) is 1.83. The lowest BCUT2D eigenvalue weighted by atomic mass is 9.91. The molecule has 2 N–H and O–H groups in total. The first-order valence-electron chi connectivity index (χ1n) is 6.54. The zero-order chi connectivity index (χ0) is 13.2. The fourth-order valence-electron chi connectivity index (χ4n) is 1.95. The highest BCUT2D eigenvalue weighted by molar-refractivity contribution is 14.0. The molecule has 1 heterocycles. The van der Waals surface area contributed by atoms with Crippen LogP contribution in [0.2, 0.25) is 0 Å². The number of guanidine groups is 1. The second kappa shape index (κ2) is 6.92. The summed E-state index contributed by atoms with van der Waals surface area (Å²) in [5, 5.41) is 9.02. The van der Waals surface area contributed by atoms with Gasteiger partial charge in [-0.1, -0.05) is 26.8 Å². The zero-order valence-electron chi connectivity index (χ0n) is 12.1. The van der Waals surface area contributed by atoms with Crippen LogP contribution in [0, 0.1) is 5.92 Å². The first kappa shape index (κ1) is 16.8. The Labute approximate surface area is 137 Å². The Balaban J connectivity index is 0.00000180. The molecule has 0 radical (unpaired) electrons. The molecule has 108 valence electrons. The third kappa shape index (κ3) is 4.63. The number of halogens is 1. The molecule has 0 spiro atoms. The molecule has 1 fully saturated rings. The largest absolute Gasteiger partial charge is 0.356 e. The van der Waals surface area contributed by atoms with Crippen LogP contribution in [0.5, 0.6) is 0 Å². The molecule has 1 aliphatic rings. The van der Waals surface area contributed by atoms with Crippen molar-refractivity contribution in [2.45, 2.75) is 38.6 Å². The van der Waals surface area contributed by atoms with Gasteiger partial charge in [-0.2, -0.15) is 0 Å². The van der Waals surface area contributed by atoms with Gasteiger partial charge in [-0.25, -0.2) is 0 Å². The molecule has 0 amide bonds. The first-order valence-corrected chi connectivity index (χ1v) is 7.42. The van der Waals surface area contributed by atoms with E-state index in [2.05, 4.69) is 53.9 Å². The number of aliphatic imine (C=N–C) groups is 1. The number of rotatable bonds is 4. The van der Waals surface area contributed by atoms with Crippen molar-refractivity contribution in [2.24, 2.45) is 10.9 Å². The molecule has 0 bridgehead atoms. The van der Waals surface area contributed by atoms with Gasteiger partial charge < -0.3 is 10.6 Å². The van der Waals surface area contributed by atoms with Crippen molar-refractivity contribution in [3.63, 3.8) is 0 Å². The normalized spacial score (nSPS) is 22.6. The zero-order valence-corrected chi connectivity index (χ0v) is 15.2. The van der Waals surface area contributed by atoms with Crippen LogP contribution in [0.1, 0.15) is 32.1 Å². The van der Waals surface area contributed by atoms with E-state index in [4.69, 9.17) is 0 Å². The predicted octanol–water partition coefficient (Wildman–Crippen LogP) is 3.22. The van der Waals surface area contributed by atoms with Crippen LogP contribution in [0.15, 0.2) is 22.5 Å². The molecule has 2 atom stereocenters. The van der Waals surface area contributed by atoms with E-state index in [-0.39, 0.29) is 29.4 Å². The Morgan fingerprint density at radius 1 is 1.53 bits per heavy atom. The summed E-state index contributed by atoms with van der Waals surface area (Å²) in [5.74, 6) is 1.71. The summed E-state index contributed by atoms with van der Waals surface area (Å²) in [4.78, 5) is 5.69. The van der Waals surface area contributed by atoms with Crippen LogP contribution < -0.4 is 10.6 Å². The van der Waals surface area contributed by atoms with Crippen molar-refractivity contribution in [3.8, 4) is 0 Å². The van der Waals surface area contributed by atoms with Crippen LogP contribution in [-0.2, 0) is 5.41 Å². The summed E-state index contributed by atoms with van der Waals surface area (Å²) < 4.78 is 0. The minimum atomic E-state index is 0. The number of nitrogens with zero attached hydrogens (tertiary/aromatic N) is 1. The average molecular weight is 393 g/mol. The van der Waals surface area contributed by atoms with Crippen molar-refractivity contribution < 1.29 is 0 Å². The molecular weight excluding hydrogens is 369 g/mol. The van der Waals surface area contributed by atoms with E-state index in [1.54, 1.807) is 0 Å². The summed E-state index contributed by atoms with van der Waals surface area (Å²) in [6.07, 6.45) is 1.26. The smallest absolute Gasteiger partial charge is 0.191 e. The van der Waals surface area contributed by atoms with Crippen molar-refractivity contribution in [1.29, 1.82) is 0 Å². The van der Waals surface area contributed by atoms with Gasteiger partial charge in [0.25, 0.3) is 0 Å². The summed E-state index contributed by atoms with van der Waals surface area (Å²) in [5.41, 5.74) is 0.140. The Bertz CT molecular complexity index is 414. The van der Waals surface area contributed by atoms with E-state index in [0.29, 0.717) is 6.04 Å². The van der Waals surface area contributed by atoms with E-state index in [1.807, 2.05) is 18.4 Å². The average Bonchev–Trinajstić information content (AvgIpc) is 2.85. The summed E-state index contributed by atoms with van der Waals surface area (Å²) >= 11 is 1.82. The molecule has 1 aromatic heterocycles. The van der Waals surface area contributed by atoms with E-state index in [9.17, 15) is 0 Å². The Kier molecular flexibility index (Phi) is 6.11. The predicted molar refractivity (Wildman–Crippen MR) is 94.8 cm³/mol. The monoisotopic (exact) mass is 393 g/mol. The fraction of sp³-hybridized carbons (Fsp3) is 0.643. The molecule has 0 saturated heterocycles. The third-order valence-corrected chi connectivity index (χ3v) is 4.78. The van der Waals surface area contributed by atoms with E-state index < -0.39 is 0 Å². The van der Waals surface area contributed by atoms with Crippen molar-refractivity contribution >= 4 is 41.3 Å². The standard InChI is InChI=1S/C14H23N3S.HI/c1-10-8-11(10)17-13(15-4)16-9-14(2,3)12-6-5-7-18-12;/h5-7,10-11H,8-9H2,1-4H3,(H2,15,16,17);1H. The van der Waals surface area contributed by atoms with Gasteiger partial charge in [0, 0.05) is 29.9 Å². The van der Waals surface area contributed by atoms with Gasteiger partial charge in [-0.05, 0) is 23.8 Å². The molecule has 2 rings (SSSR count). The van der Waals surface area contributed by atoms with Crippen LogP contribution in [0.3, 0.4) is 0 Å². The van der Waals surface area contributed by atoms with E-state index in [0.717, 1.165) is 18.4 Å². The molecule has 1 saturated carbocycles. The SMILES string of the molecule is CN=C(NCC(C)(C)c1cccs1)NC1CC1C.I. The first-order chi connectivity index (χ1) is 8.53. The molecule has 1 aliphatic carbocycles. The fourth-order valence-corrected chi connectivity index (χ4v) is 2.80. The lowest BCUT2D eigenvalue weighted by molar-refractivity contribution is 0.518. The highest BCUT2D eigenvalue weighted by atomic mass is 127. The van der Waals surface area contributed by atoms with Gasteiger partial charge in [-0.3, -0.25) is 4.99 Å². The molecule has 3 nitrogen and oxygen atoms in total. The van der Waals surface area contributed by atoms with Gasteiger partial charge >= 0.3 is 0 Å². The van der Waals surface area contributed by atoms with Gasteiger partial charge in [0.05, 0.1) is 0 Å². The van der Waals surface area contributed by atoms with Crippen molar-refractivity contribution in [3.05, 3.63) is 22.4 Å². The van der Waals surface area contributed by atoms with Gasteiger partial charge in [0.2, 0.25) is 0 Å². The highest BCUT2D eigenvalue weighted by Gasteiger charge is 2.33. The van der Waals surface area contributed by atoms with Crippen LogP contribution in [-0.4, -0.2) is 25.6 Å². The van der Waals surface area contributed by atoms with Crippen molar-refractivity contribution in [2.75, 3.05) is 13.6 Å². The summed E-state index contributed by atoms with van der Waals surface area (Å²) in [6, 6.07) is 4.92. The maximum absolute atomic E-state index is 4.28. The Morgan fingerprint density at radius 2 is 2.21 bits per heavy atom. The Hall–Kier alpha value is -0.300. The molecule has 2 unspecified atom stereocenters. The van der Waals surface area contributed by atoms with Gasteiger partial charge in [-0.15, -0.1) is 35.3 Å². The van der Waals surface area contributed by atoms with Crippen molar-refractivity contribution in [1.82, 2.24) is 10.6 Å². The number of nitrogens with one attached hydrogen (secondary N) is 2. The quantitative estimate of drug-likeness (QED) is 0.468. The maximum Gasteiger partial charge on any atom is 0.191 e. The van der Waals surface area contributed by atoms with Crippen LogP contribution in [0.25, 0.3) is 0 Å². The lowest BCUT2D eigenvalue weighted by Crippen LogP contribution is -2.44. The molecule has 1 aromatic rings. The topological polar surface area (TPSA) is 36.4 Å². The molecule has 0 aliphatic heterocycles. The summed E-state index contributed by atoms with van der Waals surface area (Å²) in [6.45, 7) is 7.69. The van der Waals surface area contributed by atoms with Gasteiger partial charge in [0.15, 0.2) is 5.96 Å². The molecule has 5 heteroatoms. The van der Waals surface area contributed by atoms with E-state index in [1.165, 1.54) is 11.3 Å². The second-order valence-corrected chi connectivity index (χ2v) is 6.70. The minimum Gasteiger partial charge on any atom is -0.356 e. The number of hydrogen-bond acceptors (Lipinski definition) is 2.